The number of benzene rings is 1. The molecule has 1 fully saturated rings. The maximum Gasteiger partial charge on any atom is 0.0367 e. The second-order valence-electron chi connectivity index (χ2n) is 6.97. The summed E-state index contributed by atoms with van der Waals surface area (Å²) in [6, 6.07) is 9.21. The minimum Gasteiger partial charge on any atom is -0.369 e. The molecule has 1 aliphatic rings. The molecule has 0 spiro atoms. The van der Waals surface area contributed by atoms with Crippen LogP contribution in [0.5, 0.6) is 0 Å². The van der Waals surface area contributed by atoms with Crippen LogP contribution in [0.4, 0.5) is 5.69 Å². The lowest BCUT2D eigenvalue weighted by molar-refractivity contribution is 0.313. The van der Waals surface area contributed by atoms with Gasteiger partial charge in [0.1, 0.15) is 0 Å². The molecule has 0 amide bonds. The highest BCUT2D eigenvalue weighted by molar-refractivity contribution is 5.48. The maximum atomic E-state index is 2.49. The minimum atomic E-state index is 0.329. The van der Waals surface area contributed by atoms with E-state index in [0.717, 1.165) is 13.1 Å². The van der Waals surface area contributed by atoms with E-state index >= 15 is 0 Å². The summed E-state index contributed by atoms with van der Waals surface area (Å²) in [6.07, 6.45) is 0. The Morgan fingerprint density at radius 2 is 1.47 bits per heavy atom. The van der Waals surface area contributed by atoms with Crippen molar-refractivity contribution in [2.45, 2.75) is 33.6 Å². The van der Waals surface area contributed by atoms with Crippen LogP contribution >= 0.6 is 0 Å². The first kappa shape index (κ1) is 14.4. The molecule has 2 rings (SSSR count). The van der Waals surface area contributed by atoms with E-state index in [1.54, 1.807) is 0 Å². The highest BCUT2D eigenvalue weighted by Crippen LogP contribution is 2.35. The molecule has 0 aliphatic carbocycles. The molecule has 0 bridgehead atoms. The van der Waals surface area contributed by atoms with Crippen molar-refractivity contribution in [1.29, 1.82) is 0 Å². The van der Waals surface area contributed by atoms with Gasteiger partial charge >= 0.3 is 0 Å². The average molecular weight is 260 g/mol. The van der Waals surface area contributed by atoms with Gasteiger partial charge in [0.05, 0.1) is 0 Å². The molecule has 0 saturated carbocycles. The van der Waals surface area contributed by atoms with Crippen molar-refractivity contribution in [3.05, 3.63) is 29.8 Å². The summed E-state index contributed by atoms with van der Waals surface area (Å²) in [4.78, 5) is 4.89. The number of nitrogens with zero attached hydrogens (tertiary/aromatic N) is 2. The van der Waals surface area contributed by atoms with Gasteiger partial charge in [0.25, 0.3) is 0 Å². The second-order valence-corrected chi connectivity index (χ2v) is 6.97. The Bertz CT molecular complexity index is 394. The Morgan fingerprint density at radius 1 is 0.947 bits per heavy atom. The topological polar surface area (TPSA) is 6.48 Å². The van der Waals surface area contributed by atoms with Crippen molar-refractivity contribution in [3.63, 3.8) is 0 Å². The van der Waals surface area contributed by atoms with Gasteiger partial charge in [-0.15, -0.1) is 0 Å². The first-order valence-electron chi connectivity index (χ1n) is 7.41. The van der Waals surface area contributed by atoms with Crippen molar-refractivity contribution in [1.82, 2.24) is 4.90 Å². The van der Waals surface area contributed by atoms with Crippen LogP contribution in [-0.4, -0.2) is 38.1 Å². The van der Waals surface area contributed by atoms with Crippen molar-refractivity contribution in [3.8, 4) is 0 Å². The molecule has 1 atom stereocenters. The fourth-order valence-electron chi connectivity index (χ4n) is 2.54. The van der Waals surface area contributed by atoms with E-state index in [-0.39, 0.29) is 0 Å². The summed E-state index contributed by atoms with van der Waals surface area (Å²) in [6.45, 7) is 13.9. The van der Waals surface area contributed by atoms with Crippen LogP contribution in [0.15, 0.2) is 24.3 Å². The maximum absolute atomic E-state index is 2.49. The first-order chi connectivity index (χ1) is 8.88. The zero-order valence-electron chi connectivity index (χ0n) is 13.1. The molecule has 1 heterocycles. The lowest BCUT2D eigenvalue weighted by Gasteiger charge is -2.34. The highest BCUT2D eigenvalue weighted by atomic mass is 15.2. The van der Waals surface area contributed by atoms with Gasteiger partial charge in [-0.2, -0.15) is 0 Å². The predicted octanol–water partition coefficient (Wildman–Crippen LogP) is 3.59. The van der Waals surface area contributed by atoms with E-state index in [9.17, 15) is 0 Å². The van der Waals surface area contributed by atoms with Crippen LogP contribution in [0.2, 0.25) is 0 Å². The molecule has 1 aromatic rings. The van der Waals surface area contributed by atoms with Crippen LogP contribution in [0.3, 0.4) is 0 Å². The average Bonchev–Trinajstić information content (AvgIpc) is 2.38. The quantitative estimate of drug-likeness (QED) is 0.802. The molecule has 1 aliphatic heterocycles. The number of likely N-dealkylation sites (N-methyl/N-ethyl adjacent to an activating group) is 1. The first-order valence-corrected chi connectivity index (χ1v) is 7.41. The SMILES string of the molecule is CC(c1ccc(N2CCN(C)CC2)cc1)C(C)(C)C. The highest BCUT2D eigenvalue weighted by Gasteiger charge is 2.22. The lowest BCUT2D eigenvalue weighted by Crippen LogP contribution is -2.44. The van der Waals surface area contributed by atoms with E-state index < -0.39 is 0 Å². The third-order valence-electron chi connectivity index (χ3n) is 4.56. The van der Waals surface area contributed by atoms with Gasteiger partial charge in [-0.05, 0) is 36.1 Å². The standard InChI is InChI=1S/C17H28N2/c1-14(17(2,3)4)15-6-8-16(9-7-15)19-12-10-18(5)11-13-19/h6-9,14H,10-13H2,1-5H3. The van der Waals surface area contributed by atoms with Crippen molar-refractivity contribution < 1.29 is 0 Å². The molecular formula is C17H28N2. The summed E-state index contributed by atoms with van der Waals surface area (Å²) in [7, 11) is 2.20. The number of hydrogen-bond acceptors (Lipinski definition) is 2. The fourth-order valence-corrected chi connectivity index (χ4v) is 2.54. The Morgan fingerprint density at radius 3 is 1.95 bits per heavy atom. The summed E-state index contributed by atoms with van der Waals surface area (Å²) in [5, 5.41) is 0. The van der Waals surface area contributed by atoms with Crippen LogP contribution in [-0.2, 0) is 0 Å². The van der Waals surface area contributed by atoms with Gasteiger partial charge in [0.15, 0.2) is 0 Å². The molecule has 19 heavy (non-hydrogen) atoms. The Labute approximate surface area is 118 Å². The van der Waals surface area contributed by atoms with Crippen LogP contribution < -0.4 is 4.90 Å². The lowest BCUT2D eigenvalue weighted by atomic mass is 9.78. The summed E-state index contributed by atoms with van der Waals surface area (Å²) in [5.74, 6) is 0.592. The Balaban J connectivity index is 2.06. The van der Waals surface area contributed by atoms with E-state index in [1.165, 1.54) is 24.3 Å². The van der Waals surface area contributed by atoms with Crippen LogP contribution in [0.1, 0.15) is 39.2 Å². The number of rotatable bonds is 2. The predicted molar refractivity (Wildman–Crippen MR) is 84.0 cm³/mol. The fraction of sp³-hybridized carbons (Fsp3) is 0.647. The number of hydrogen-bond donors (Lipinski definition) is 0. The molecule has 2 nitrogen and oxygen atoms in total. The molecular weight excluding hydrogens is 232 g/mol. The largest absolute Gasteiger partial charge is 0.369 e. The van der Waals surface area contributed by atoms with E-state index in [2.05, 4.69) is 68.8 Å². The smallest absolute Gasteiger partial charge is 0.0367 e. The van der Waals surface area contributed by atoms with Gasteiger partial charge in [-0.1, -0.05) is 39.8 Å². The zero-order chi connectivity index (χ0) is 14.0. The third-order valence-corrected chi connectivity index (χ3v) is 4.56. The zero-order valence-corrected chi connectivity index (χ0v) is 13.1. The molecule has 0 radical (unpaired) electrons. The number of anilines is 1. The number of piperazine rings is 1. The van der Waals surface area contributed by atoms with E-state index in [1.807, 2.05) is 0 Å². The van der Waals surface area contributed by atoms with E-state index in [4.69, 9.17) is 0 Å². The van der Waals surface area contributed by atoms with Crippen molar-refractivity contribution in [2.24, 2.45) is 5.41 Å². The third kappa shape index (κ3) is 3.50. The van der Waals surface area contributed by atoms with Gasteiger partial charge in [0.2, 0.25) is 0 Å². The normalized spacial score (nSPS) is 19.5. The van der Waals surface area contributed by atoms with Gasteiger partial charge in [-0.3, -0.25) is 0 Å². The van der Waals surface area contributed by atoms with Gasteiger partial charge in [-0.25, -0.2) is 0 Å². The van der Waals surface area contributed by atoms with Crippen molar-refractivity contribution in [2.75, 3.05) is 38.1 Å². The van der Waals surface area contributed by atoms with E-state index in [0.29, 0.717) is 11.3 Å². The van der Waals surface area contributed by atoms with Crippen LogP contribution in [0, 0.1) is 5.41 Å². The molecule has 1 saturated heterocycles. The molecule has 106 valence electrons. The summed E-state index contributed by atoms with van der Waals surface area (Å²) in [5.41, 5.74) is 3.15. The molecule has 1 unspecified atom stereocenters. The van der Waals surface area contributed by atoms with Crippen molar-refractivity contribution >= 4 is 5.69 Å². The van der Waals surface area contributed by atoms with Crippen LogP contribution in [0.25, 0.3) is 0 Å². The molecule has 1 aromatic carbocycles. The molecule has 0 aromatic heterocycles. The van der Waals surface area contributed by atoms with Gasteiger partial charge < -0.3 is 9.80 Å². The monoisotopic (exact) mass is 260 g/mol. The Kier molecular flexibility index (Phi) is 4.19. The van der Waals surface area contributed by atoms with Gasteiger partial charge in [0, 0.05) is 31.9 Å². The summed E-state index contributed by atoms with van der Waals surface area (Å²) >= 11 is 0. The minimum absolute atomic E-state index is 0.329. The molecule has 0 N–H and O–H groups in total. The second kappa shape index (κ2) is 5.54. The summed E-state index contributed by atoms with van der Waals surface area (Å²) < 4.78 is 0. The molecule has 2 heteroatoms. The Hall–Kier alpha value is -1.02.